The summed E-state index contributed by atoms with van der Waals surface area (Å²) in [5.74, 6) is 0.744. The molecule has 3 nitrogen and oxygen atoms in total. The Kier molecular flexibility index (Phi) is 5.79. The maximum absolute atomic E-state index is 11.0. The highest BCUT2D eigenvalue weighted by atomic mass is 35.5. The van der Waals surface area contributed by atoms with E-state index >= 15 is 0 Å². The molecule has 1 N–H and O–H groups in total. The van der Waals surface area contributed by atoms with E-state index in [2.05, 4.69) is 5.32 Å². The largest absolute Gasteiger partial charge is 0.316 e. The van der Waals surface area contributed by atoms with Gasteiger partial charge in [0, 0.05) is 28.5 Å². The van der Waals surface area contributed by atoms with Gasteiger partial charge in [-0.05, 0) is 24.7 Å². The quantitative estimate of drug-likeness (QED) is 0.817. The third-order valence-corrected chi connectivity index (χ3v) is 4.67. The highest BCUT2D eigenvalue weighted by molar-refractivity contribution is 8.00. The van der Waals surface area contributed by atoms with Gasteiger partial charge in [0.05, 0.1) is 5.75 Å². The number of hydrogen-bond donors (Lipinski definition) is 1. The second kappa shape index (κ2) is 6.64. The summed E-state index contributed by atoms with van der Waals surface area (Å²) in [5.41, 5.74) is 1.04. The maximum Gasteiger partial charge on any atom is 0.148 e. The van der Waals surface area contributed by atoms with Crippen molar-refractivity contribution in [1.82, 2.24) is 5.32 Å². The van der Waals surface area contributed by atoms with E-state index in [4.69, 9.17) is 11.6 Å². The van der Waals surface area contributed by atoms with E-state index in [1.807, 2.05) is 25.2 Å². The van der Waals surface area contributed by atoms with Gasteiger partial charge in [-0.15, -0.1) is 11.8 Å². The Morgan fingerprint density at radius 1 is 1.41 bits per heavy atom. The molecule has 0 saturated carbocycles. The highest BCUT2D eigenvalue weighted by Gasteiger charge is 2.05. The number of sulfone groups is 1. The summed E-state index contributed by atoms with van der Waals surface area (Å²) in [7, 11) is -1.02. The lowest BCUT2D eigenvalue weighted by molar-refractivity contribution is 0.603. The van der Waals surface area contributed by atoms with Gasteiger partial charge in [0.1, 0.15) is 9.84 Å². The van der Waals surface area contributed by atoms with Crippen LogP contribution in [0.4, 0.5) is 0 Å². The minimum Gasteiger partial charge on any atom is -0.316 e. The van der Waals surface area contributed by atoms with Crippen molar-refractivity contribution in [3.05, 3.63) is 28.8 Å². The molecule has 0 aliphatic carbocycles. The van der Waals surface area contributed by atoms with Crippen molar-refractivity contribution in [3.8, 4) is 0 Å². The van der Waals surface area contributed by atoms with E-state index in [-0.39, 0.29) is 5.75 Å². The molecule has 1 aromatic carbocycles. The summed E-state index contributed by atoms with van der Waals surface area (Å²) in [6.45, 7) is 0.729. The van der Waals surface area contributed by atoms with Gasteiger partial charge >= 0.3 is 0 Å². The standard InChI is InChI=1S/C11H16ClNO2S2/c1-13-8-9-3-4-10(7-11(9)12)16-5-6-17(2,14)15/h3-4,7,13H,5-6,8H2,1-2H3. The van der Waals surface area contributed by atoms with Gasteiger partial charge in [0.25, 0.3) is 0 Å². The van der Waals surface area contributed by atoms with Crippen LogP contribution in [0.1, 0.15) is 5.56 Å². The summed E-state index contributed by atoms with van der Waals surface area (Å²) in [5, 5.41) is 3.75. The summed E-state index contributed by atoms with van der Waals surface area (Å²) in [6.07, 6.45) is 1.25. The lowest BCUT2D eigenvalue weighted by Crippen LogP contribution is -2.06. The van der Waals surface area contributed by atoms with Gasteiger partial charge in [0.15, 0.2) is 0 Å². The van der Waals surface area contributed by atoms with Crippen LogP contribution in [0.3, 0.4) is 0 Å². The summed E-state index contributed by atoms with van der Waals surface area (Å²) in [4.78, 5) is 0.999. The second-order valence-electron chi connectivity index (χ2n) is 3.76. The molecule has 0 unspecified atom stereocenters. The molecular weight excluding hydrogens is 278 g/mol. The van der Waals surface area contributed by atoms with E-state index in [0.29, 0.717) is 10.8 Å². The topological polar surface area (TPSA) is 46.2 Å². The monoisotopic (exact) mass is 293 g/mol. The van der Waals surface area contributed by atoms with Crippen LogP contribution in [0, 0.1) is 0 Å². The first-order valence-electron chi connectivity index (χ1n) is 5.16. The fourth-order valence-electron chi connectivity index (χ4n) is 1.26. The van der Waals surface area contributed by atoms with Crippen LogP contribution < -0.4 is 5.32 Å². The zero-order valence-electron chi connectivity index (χ0n) is 9.86. The Balaban J connectivity index is 2.58. The van der Waals surface area contributed by atoms with E-state index in [9.17, 15) is 8.42 Å². The Morgan fingerprint density at radius 3 is 2.65 bits per heavy atom. The van der Waals surface area contributed by atoms with Crippen LogP contribution in [0.25, 0.3) is 0 Å². The second-order valence-corrected chi connectivity index (χ2v) is 7.60. The van der Waals surface area contributed by atoms with Crippen molar-refractivity contribution in [2.24, 2.45) is 0 Å². The molecule has 1 aromatic rings. The molecule has 0 heterocycles. The van der Waals surface area contributed by atoms with Crippen molar-refractivity contribution in [3.63, 3.8) is 0 Å². The smallest absolute Gasteiger partial charge is 0.148 e. The van der Waals surface area contributed by atoms with Gasteiger partial charge in [-0.3, -0.25) is 0 Å². The van der Waals surface area contributed by atoms with Gasteiger partial charge in [-0.25, -0.2) is 8.42 Å². The van der Waals surface area contributed by atoms with E-state index in [1.54, 1.807) is 0 Å². The molecule has 0 atom stereocenters. The van der Waals surface area contributed by atoms with Crippen molar-refractivity contribution in [2.45, 2.75) is 11.4 Å². The number of halogens is 1. The summed E-state index contributed by atoms with van der Waals surface area (Å²) < 4.78 is 22.0. The third kappa shape index (κ3) is 5.77. The Morgan fingerprint density at radius 2 is 2.12 bits per heavy atom. The minimum absolute atomic E-state index is 0.188. The molecule has 0 amide bonds. The first kappa shape index (κ1) is 14.8. The first-order chi connectivity index (χ1) is 7.92. The molecule has 0 aliphatic rings. The molecule has 96 valence electrons. The number of nitrogens with one attached hydrogen (secondary N) is 1. The number of benzene rings is 1. The maximum atomic E-state index is 11.0. The molecule has 0 saturated heterocycles. The number of thioether (sulfide) groups is 1. The molecule has 0 bridgehead atoms. The van der Waals surface area contributed by atoms with Crippen LogP contribution in [0.2, 0.25) is 5.02 Å². The fourth-order valence-corrected chi connectivity index (χ4v) is 3.72. The Hall–Kier alpha value is -0.230. The Labute approximate surface area is 112 Å². The molecule has 17 heavy (non-hydrogen) atoms. The molecule has 0 aliphatic heterocycles. The van der Waals surface area contributed by atoms with E-state index in [1.165, 1.54) is 18.0 Å². The lowest BCUT2D eigenvalue weighted by Gasteiger charge is -2.06. The van der Waals surface area contributed by atoms with Crippen molar-refractivity contribution in [2.75, 3.05) is 24.8 Å². The Bertz CT molecular complexity index is 474. The lowest BCUT2D eigenvalue weighted by atomic mass is 10.2. The summed E-state index contributed by atoms with van der Waals surface area (Å²) in [6, 6.07) is 5.80. The van der Waals surface area contributed by atoms with Gasteiger partial charge in [0.2, 0.25) is 0 Å². The fraction of sp³-hybridized carbons (Fsp3) is 0.455. The molecule has 0 aromatic heterocycles. The molecular formula is C11H16ClNO2S2. The predicted molar refractivity (Wildman–Crippen MR) is 74.7 cm³/mol. The third-order valence-electron chi connectivity index (χ3n) is 2.11. The molecule has 0 radical (unpaired) electrons. The first-order valence-corrected chi connectivity index (χ1v) is 8.58. The van der Waals surface area contributed by atoms with Gasteiger partial charge in [-0.2, -0.15) is 0 Å². The minimum atomic E-state index is -2.88. The molecule has 0 spiro atoms. The van der Waals surface area contributed by atoms with Crippen molar-refractivity contribution < 1.29 is 8.42 Å². The number of hydrogen-bond acceptors (Lipinski definition) is 4. The van der Waals surface area contributed by atoms with E-state index in [0.717, 1.165) is 17.0 Å². The normalized spacial score (nSPS) is 11.7. The van der Waals surface area contributed by atoms with Crippen molar-refractivity contribution in [1.29, 1.82) is 0 Å². The molecule has 6 heteroatoms. The zero-order chi connectivity index (χ0) is 12.9. The highest BCUT2D eigenvalue weighted by Crippen LogP contribution is 2.25. The van der Waals surface area contributed by atoms with Crippen LogP contribution >= 0.6 is 23.4 Å². The predicted octanol–water partition coefficient (Wildman–Crippen LogP) is 2.20. The number of rotatable bonds is 6. The van der Waals surface area contributed by atoms with Gasteiger partial charge < -0.3 is 5.32 Å². The van der Waals surface area contributed by atoms with Crippen LogP contribution in [-0.4, -0.2) is 33.2 Å². The molecule has 0 fully saturated rings. The van der Waals surface area contributed by atoms with Crippen LogP contribution in [-0.2, 0) is 16.4 Å². The van der Waals surface area contributed by atoms with Crippen molar-refractivity contribution >= 4 is 33.2 Å². The molecule has 1 rings (SSSR count). The van der Waals surface area contributed by atoms with Crippen LogP contribution in [0.15, 0.2) is 23.1 Å². The van der Waals surface area contributed by atoms with E-state index < -0.39 is 9.84 Å². The SMILES string of the molecule is CNCc1ccc(SCCS(C)(=O)=O)cc1Cl. The average molecular weight is 294 g/mol. The van der Waals surface area contributed by atoms with Gasteiger partial charge in [-0.1, -0.05) is 17.7 Å². The average Bonchev–Trinajstić information content (AvgIpc) is 2.20. The van der Waals surface area contributed by atoms with Crippen LogP contribution in [0.5, 0.6) is 0 Å². The summed E-state index contributed by atoms with van der Waals surface area (Å²) >= 11 is 7.61. The zero-order valence-corrected chi connectivity index (χ0v) is 12.3.